The van der Waals surface area contributed by atoms with E-state index in [1.54, 1.807) is 6.92 Å². The minimum atomic E-state index is -0.763. The largest absolute Gasteiger partial charge is 0.481 e. The number of rotatable bonds is 7. The fourth-order valence-electron chi connectivity index (χ4n) is 2.01. The second kappa shape index (κ2) is 7.39. The number of unbranched alkanes of at least 4 members (excludes halogenated alkanes) is 1. The molecular formula is C15H22ClNO2. The minimum absolute atomic E-state index is 0.393. The van der Waals surface area contributed by atoms with Gasteiger partial charge in [-0.25, -0.2) is 0 Å². The maximum absolute atomic E-state index is 11.0. The van der Waals surface area contributed by atoms with E-state index in [0.717, 1.165) is 35.7 Å². The summed E-state index contributed by atoms with van der Waals surface area (Å²) in [4.78, 5) is 13.2. The smallest absolute Gasteiger partial charge is 0.308 e. The third kappa shape index (κ3) is 4.43. The van der Waals surface area contributed by atoms with Crippen molar-refractivity contribution in [1.29, 1.82) is 0 Å². The van der Waals surface area contributed by atoms with Crippen molar-refractivity contribution < 1.29 is 9.90 Å². The van der Waals surface area contributed by atoms with Crippen LogP contribution in [-0.4, -0.2) is 24.2 Å². The molecule has 0 bridgehead atoms. The fraction of sp³-hybridized carbons (Fsp3) is 0.533. The lowest BCUT2D eigenvalue weighted by molar-refractivity contribution is -0.140. The van der Waals surface area contributed by atoms with Crippen LogP contribution in [0.25, 0.3) is 0 Å². The van der Waals surface area contributed by atoms with E-state index in [9.17, 15) is 4.79 Å². The molecular weight excluding hydrogens is 262 g/mol. The summed E-state index contributed by atoms with van der Waals surface area (Å²) in [5, 5.41) is 9.80. The normalized spacial score (nSPS) is 12.2. The van der Waals surface area contributed by atoms with Crippen molar-refractivity contribution in [3.8, 4) is 0 Å². The predicted octanol–water partition coefficient (Wildman–Crippen LogP) is 3.98. The average Bonchev–Trinajstić information content (AvgIpc) is 2.37. The molecule has 1 aromatic carbocycles. The Labute approximate surface area is 120 Å². The number of hydrogen-bond acceptors (Lipinski definition) is 2. The van der Waals surface area contributed by atoms with E-state index in [0.29, 0.717) is 6.54 Å². The highest BCUT2D eigenvalue weighted by Gasteiger charge is 2.18. The Balaban J connectivity index is 2.95. The molecule has 1 N–H and O–H groups in total. The molecule has 0 aromatic heterocycles. The zero-order chi connectivity index (χ0) is 14.4. The van der Waals surface area contributed by atoms with Gasteiger partial charge < -0.3 is 10.0 Å². The van der Waals surface area contributed by atoms with E-state index in [1.807, 2.05) is 25.1 Å². The number of hydrogen-bond donors (Lipinski definition) is 1. The van der Waals surface area contributed by atoms with Crippen LogP contribution in [-0.2, 0) is 4.79 Å². The molecule has 1 rings (SSSR count). The molecule has 0 saturated carbocycles. The molecule has 0 saturated heterocycles. The van der Waals surface area contributed by atoms with Gasteiger partial charge in [-0.15, -0.1) is 0 Å². The van der Waals surface area contributed by atoms with Crippen molar-refractivity contribution in [2.75, 3.05) is 18.0 Å². The molecule has 1 atom stereocenters. The lowest BCUT2D eigenvalue weighted by Crippen LogP contribution is -2.33. The molecule has 19 heavy (non-hydrogen) atoms. The summed E-state index contributed by atoms with van der Waals surface area (Å²) in [7, 11) is 0. The van der Waals surface area contributed by atoms with Crippen LogP contribution in [0.1, 0.15) is 32.3 Å². The highest BCUT2D eigenvalue weighted by atomic mass is 35.5. The van der Waals surface area contributed by atoms with Gasteiger partial charge in [0.25, 0.3) is 0 Å². The van der Waals surface area contributed by atoms with Crippen LogP contribution in [0.2, 0.25) is 5.02 Å². The first-order chi connectivity index (χ1) is 8.97. The van der Waals surface area contributed by atoms with Crippen LogP contribution in [0.15, 0.2) is 18.2 Å². The topological polar surface area (TPSA) is 40.5 Å². The first-order valence-electron chi connectivity index (χ1n) is 6.70. The van der Waals surface area contributed by atoms with Gasteiger partial charge in [-0.1, -0.05) is 37.9 Å². The average molecular weight is 284 g/mol. The Bertz CT molecular complexity index is 434. The summed E-state index contributed by atoms with van der Waals surface area (Å²) >= 11 is 6.15. The number of halogens is 1. The summed E-state index contributed by atoms with van der Waals surface area (Å²) in [5.41, 5.74) is 2.05. The quantitative estimate of drug-likeness (QED) is 0.823. The van der Waals surface area contributed by atoms with Crippen LogP contribution in [0.3, 0.4) is 0 Å². The molecule has 4 heteroatoms. The van der Waals surface area contributed by atoms with Crippen LogP contribution in [0.5, 0.6) is 0 Å². The predicted molar refractivity (Wildman–Crippen MR) is 80.1 cm³/mol. The summed E-state index contributed by atoms with van der Waals surface area (Å²) in [5.74, 6) is -1.16. The van der Waals surface area contributed by atoms with Crippen LogP contribution in [0.4, 0.5) is 5.69 Å². The Hall–Kier alpha value is -1.22. The Morgan fingerprint density at radius 1 is 1.47 bits per heavy atom. The molecule has 0 radical (unpaired) electrons. The van der Waals surface area contributed by atoms with Gasteiger partial charge >= 0.3 is 5.97 Å². The zero-order valence-corrected chi connectivity index (χ0v) is 12.6. The van der Waals surface area contributed by atoms with Crippen LogP contribution < -0.4 is 4.90 Å². The number of benzene rings is 1. The summed E-state index contributed by atoms with van der Waals surface area (Å²) in [6.45, 7) is 7.21. The fourth-order valence-corrected chi connectivity index (χ4v) is 2.18. The standard InChI is InChI=1S/C15H22ClNO2/c1-4-5-9-17(10-11(2)15(18)19)14-8-6-7-13(16)12(14)3/h6-8,11H,4-5,9-10H2,1-3H3,(H,18,19). The second-order valence-corrected chi connectivity index (χ2v) is 5.33. The minimum Gasteiger partial charge on any atom is -0.481 e. The number of carboxylic acid groups (broad SMARTS) is 1. The summed E-state index contributed by atoms with van der Waals surface area (Å²) in [6, 6.07) is 5.78. The third-order valence-corrected chi connectivity index (χ3v) is 3.69. The van der Waals surface area contributed by atoms with Crippen molar-refractivity contribution in [2.45, 2.75) is 33.6 Å². The van der Waals surface area contributed by atoms with E-state index in [4.69, 9.17) is 16.7 Å². The van der Waals surface area contributed by atoms with Crippen molar-refractivity contribution in [3.05, 3.63) is 28.8 Å². The molecule has 0 aliphatic carbocycles. The molecule has 0 aliphatic rings. The Morgan fingerprint density at radius 2 is 2.16 bits per heavy atom. The summed E-state index contributed by atoms with van der Waals surface area (Å²) < 4.78 is 0. The maximum Gasteiger partial charge on any atom is 0.308 e. The zero-order valence-electron chi connectivity index (χ0n) is 11.8. The number of anilines is 1. The van der Waals surface area contributed by atoms with E-state index >= 15 is 0 Å². The van der Waals surface area contributed by atoms with E-state index in [1.165, 1.54) is 0 Å². The molecule has 106 valence electrons. The molecule has 0 aliphatic heterocycles. The third-order valence-electron chi connectivity index (χ3n) is 3.28. The van der Waals surface area contributed by atoms with Crippen molar-refractivity contribution in [3.63, 3.8) is 0 Å². The number of aliphatic carboxylic acids is 1. The monoisotopic (exact) mass is 283 g/mol. The Kier molecular flexibility index (Phi) is 6.16. The molecule has 1 unspecified atom stereocenters. The maximum atomic E-state index is 11.0. The van der Waals surface area contributed by atoms with Gasteiger partial charge in [-0.2, -0.15) is 0 Å². The van der Waals surface area contributed by atoms with Gasteiger partial charge in [-0.3, -0.25) is 4.79 Å². The van der Waals surface area contributed by atoms with E-state index < -0.39 is 11.9 Å². The number of nitrogens with zero attached hydrogens (tertiary/aromatic N) is 1. The van der Waals surface area contributed by atoms with Gasteiger partial charge in [-0.05, 0) is 31.0 Å². The first-order valence-corrected chi connectivity index (χ1v) is 7.08. The number of carboxylic acids is 1. The molecule has 0 amide bonds. The molecule has 0 heterocycles. The summed E-state index contributed by atoms with van der Waals surface area (Å²) in [6.07, 6.45) is 2.12. The molecule has 3 nitrogen and oxygen atoms in total. The first kappa shape index (κ1) is 15.8. The second-order valence-electron chi connectivity index (χ2n) is 4.92. The van der Waals surface area contributed by atoms with Gasteiger partial charge in [0.05, 0.1) is 5.92 Å². The molecule has 0 fully saturated rings. The van der Waals surface area contributed by atoms with Gasteiger partial charge in [0.1, 0.15) is 0 Å². The highest BCUT2D eigenvalue weighted by molar-refractivity contribution is 6.31. The number of carbonyl (C=O) groups is 1. The molecule has 1 aromatic rings. The Morgan fingerprint density at radius 3 is 2.74 bits per heavy atom. The van der Waals surface area contributed by atoms with Gasteiger partial charge in [0, 0.05) is 23.8 Å². The lowest BCUT2D eigenvalue weighted by atomic mass is 10.1. The van der Waals surface area contributed by atoms with Gasteiger partial charge in [0.2, 0.25) is 0 Å². The van der Waals surface area contributed by atoms with E-state index in [2.05, 4.69) is 11.8 Å². The highest BCUT2D eigenvalue weighted by Crippen LogP contribution is 2.27. The lowest BCUT2D eigenvalue weighted by Gasteiger charge is -2.28. The SMILES string of the molecule is CCCCN(CC(C)C(=O)O)c1cccc(Cl)c1C. The molecule has 0 spiro atoms. The van der Waals surface area contributed by atoms with E-state index in [-0.39, 0.29) is 0 Å². The van der Waals surface area contributed by atoms with Gasteiger partial charge in [0.15, 0.2) is 0 Å². The van der Waals surface area contributed by atoms with Crippen molar-refractivity contribution >= 4 is 23.3 Å². The van der Waals surface area contributed by atoms with Crippen molar-refractivity contribution in [2.24, 2.45) is 5.92 Å². The van der Waals surface area contributed by atoms with Crippen molar-refractivity contribution in [1.82, 2.24) is 0 Å². The van der Waals surface area contributed by atoms with Crippen LogP contribution >= 0.6 is 11.6 Å². The van der Waals surface area contributed by atoms with Crippen LogP contribution in [0, 0.1) is 12.8 Å².